The van der Waals surface area contributed by atoms with Gasteiger partial charge in [0.2, 0.25) is 0 Å². The van der Waals surface area contributed by atoms with Crippen molar-refractivity contribution in [2.45, 2.75) is 6.92 Å². The second-order valence-electron chi connectivity index (χ2n) is 26.7. The molecule has 20 rings (SSSR count). The summed E-state index contributed by atoms with van der Waals surface area (Å²) in [6.07, 6.45) is 6.55. The molecule has 0 saturated carbocycles. The lowest BCUT2D eigenvalue weighted by atomic mass is 9.91. The quantitative estimate of drug-likeness (QED) is 0.128. The van der Waals surface area contributed by atoms with Crippen molar-refractivity contribution in [1.82, 2.24) is 13.7 Å². The first-order valence-electron chi connectivity index (χ1n) is 34.9. The Bertz CT molecular complexity index is 6460. The van der Waals surface area contributed by atoms with Crippen molar-refractivity contribution in [2.75, 3.05) is 0 Å². The van der Waals surface area contributed by atoms with Gasteiger partial charge >= 0.3 is 0 Å². The van der Waals surface area contributed by atoms with Crippen molar-refractivity contribution in [3.8, 4) is 118 Å². The minimum Gasteiger partial charge on any atom is -0.456 e. The maximum atomic E-state index is 6.90. The Morgan fingerprint density at radius 2 is 0.588 bits per heavy atom. The Balaban J connectivity index is 0.567. The zero-order valence-corrected chi connectivity index (χ0v) is 55.9. The predicted octanol–water partition coefficient (Wildman–Crippen LogP) is 26.5. The summed E-state index contributed by atoms with van der Waals surface area (Å²) in [5.41, 5.74) is 30.1. The Morgan fingerprint density at radius 3 is 0.980 bits per heavy atom. The molecular weight excluding hydrogens is 1240 g/mol. The number of aromatic nitrogens is 3. The smallest absolute Gasteiger partial charge is 0.135 e. The molecule has 102 heavy (non-hydrogen) atoms. The number of nitrogens with zero attached hydrogens (tertiary/aromatic N) is 3. The number of benzene rings is 15. The topological polar surface area (TPSA) is 33.2 Å². The van der Waals surface area contributed by atoms with Crippen LogP contribution in [0.25, 0.3) is 172 Å². The van der Waals surface area contributed by atoms with Crippen LogP contribution >= 0.6 is 0 Å². The Morgan fingerprint density at radius 1 is 0.275 bits per heavy atom. The predicted molar refractivity (Wildman–Crippen MR) is 426 cm³/mol. The fraction of sp³-hybridized carbons (Fsp3) is 0.0103. The molecular formula is C97H63N3O2. The minimum atomic E-state index is 0.821. The van der Waals surface area contributed by atoms with Crippen molar-refractivity contribution < 1.29 is 9.47 Å². The molecule has 18 aromatic rings. The summed E-state index contributed by atoms with van der Waals surface area (Å²) in [5, 5.41) is 7.36. The van der Waals surface area contributed by atoms with E-state index in [9.17, 15) is 0 Å². The molecule has 0 aliphatic carbocycles. The second kappa shape index (κ2) is 23.6. The van der Waals surface area contributed by atoms with E-state index in [2.05, 4.69) is 373 Å². The van der Waals surface area contributed by atoms with Crippen LogP contribution in [0.15, 0.2) is 358 Å². The van der Waals surface area contributed by atoms with Crippen LogP contribution in [0.2, 0.25) is 0 Å². The summed E-state index contributed by atoms with van der Waals surface area (Å²) in [7, 11) is 0. The van der Waals surface area contributed by atoms with Gasteiger partial charge in [-0.1, -0.05) is 237 Å². The summed E-state index contributed by atoms with van der Waals surface area (Å²) in [6.45, 7) is 6.86. The Labute approximate surface area is 590 Å². The third kappa shape index (κ3) is 9.47. The van der Waals surface area contributed by atoms with Crippen molar-refractivity contribution in [1.29, 1.82) is 0 Å². The number of hydrogen-bond acceptors (Lipinski definition) is 2. The first kappa shape index (κ1) is 58.7. The first-order valence-corrected chi connectivity index (χ1v) is 34.9. The SMILES string of the molecule is C=C(C=CC(=CC)c1ccc2c(c1)-c1ccccc1-c1cc(-c3ccc(-n4c5ccccc5c5ccccc54)cc3)ccc1O2)c1cccc2c1c1ccccc1n2-c1ccc(-c2ccc3c(c2)-c2ccccc2-c2cc(-c4ccc(-n5c6ccccc6c6ccccc65)cc4)ccc2O3)cc1. The fourth-order valence-corrected chi connectivity index (χ4v) is 16.2. The third-order valence-corrected chi connectivity index (χ3v) is 21.1. The molecule has 0 N–H and O–H groups in total. The molecule has 5 nitrogen and oxygen atoms in total. The van der Waals surface area contributed by atoms with Gasteiger partial charge in [-0.2, -0.15) is 0 Å². The van der Waals surface area contributed by atoms with Gasteiger partial charge in [0.1, 0.15) is 23.0 Å². The molecule has 0 bridgehead atoms. The highest BCUT2D eigenvalue weighted by atomic mass is 16.5. The van der Waals surface area contributed by atoms with Gasteiger partial charge in [0.05, 0.1) is 33.1 Å². The van der Waals surface area contributed by atoms with Crippen molar-refractivity contribution in [3.63, 3.8) is 0 Å². The van der Waals surface area contributed by atoms with Crippen molar-refractivity contribution in [3.05, 3.63) is 370 Å². The van der Waals surface area contributed by atoms with Gasteiger partial charge in [0.15, 0.2) is 0 Å². The molecule has 478 valence electrons. The van der Waals surface area contributed by atoms with E-state index in [0.29, 0.717) is 0 Å². The first-order chi connectivity index (χ1) is 50.4. The van der Waals surface area contributed by atoms with E-state index in [-0.39, 0.29) is 0 Å². The summed E-state index contributed by atoms with van der Waals surface area (Å²) >= 11 is 0. The van der Waals surface area contributed by atoms with Gasteiger partial charge in [-0.05, 0) is 206 Å². The van der Waals surface area contributed by atoms with Crippen LogP contribution in [0.4, 0.5) is 0 Å². The van der Waals surface area contributed by atoms with Crippen molar-refractivity contribution in [2.24, 2.45) is 0 Å². The average molecular weight is 1300 g/mol. The van der Waals surface area contributed by atoms with Crippen LogP contribution in [0.5, 0.6) is 23.0 Å². The second-order valence-corrected chi connectivity index (χ2v) is 26.7. The maximum absolute atomic E-state index is 6.90. The average Bonchev–Trinajstić information content (AvgIpc) is 1.62. The largest absolute Gasteiger partial charge is 0.456 e. The van der Waals surface area contributed by atoms with Gasteiger partial charge in [-0.25, -0.2) is 0 Å². The molecule has 0 saturated heterocycles. The van der Waals surface area contributed by atoms with E-state index >= 15 is 0 Å². The van der Waals surface area contributed by atoms with Crippen LogP contribution in [-0.4, -0.2) is 13.7 Å². The van der Waals surface area contributed by atoms with E-state index in [0.717, 1.165) is 157 Å². The Kier molecular flexibility index (Phi) is 13.6. The van der Waals surface area contributed by atoms with Gasteiger partial charge in [0, 0.05) is 71.6 Å². The van der Waals surface area contributed by atoms with Crippen molar-refractivity contribution >= 4 is 76.6 Å². The summed E-state index contributed by atoms with van der Waals surface area (Å²) in [6, 6.07) is 121. The highest BCUT2D eigenvalue weighted by molar-refractivity contribution is 6.15. The maximum Gasteiger partial charge on any atom is 0.135 e. The third-order valence-electron chi connectivity index (χ3n) is 21.1. The zero-order chi connectivity index (χ0) is 67.5. The molecule has 0 unspecified atom stereocenters. The van der Waals surface area contributed by atoms with Gasteiger partial charge < -0.3 is 23.2 Å². The molecule has 0 fully saturated rings. The number of rotatable bonds is 10. The summed E-state index contributed by atoms with van der Waals surface area (Å²) in [5.74, 6) is 3.32. The Hall–Kier alpha value is -13.5. The molecule has 0 radical (unpaired) electrons. The van der Waals surface area contributed by atoms with Crippen LogP contribution in [0, 0.1) is 0 Å². The normalized spacial score (nSPS) is 12.4. The lowest BCUT2D eigenvalue weighted by Gasteiger charge is -2.13. The number of allylic oxidation sites excluding steroid dienone is 5. The van der Waals surface area contributed by atoms with Gasteiger partial charge in [-0.3, -0.25) is 0 Å². The van der Waals surface area contributed by atoms with E-state index in [4.69, 9.17) is 16.1 Å². The number of para-hydroxylation sites is 5. The molecule has 5 heteroatoms. The molecule has 0 spiro atoms. The molecule has 2 aliphatic rings. The summed E-state index contributed by atoms with van der Waals surface area (Å²) in [4.78, 5) is 0. The standard InChI is InChI=1S/C97H63N3O2/c1-3-62(66-43-53-93-83(57-66)74-19-4-5-20-75(74)84-58-67(44-54-94(84)101-93)63-37-47-70(48-38-63)98-87-29-13-8-23-78(87)79-24-9-14-30-88(79)98)36-35-61(2)73-28-18-34-92-97(73)82-27-12-17-33-91(82)100(92)72-51-41-65(42-52-72)69-46-56-96-86(60-69)77-22-7-6-21-76(77)85-59-68(45-55-95(85)102-96)64-39-49-71(50-40-64)99-89-31-15-10-25-80(89)81-26-11-16-32-90(81)99/h3-60H,2H2,1H3. The molecule has 5 heterocycles. The molecule has 15 aromatic carbocycles. The van der Waals surface area contributed by atoms with E-state index in [1.54, 1.807) is 0 Å². The number of hydrogen-bond donors (Lipinski definition) is 0. The fourth-order valence-electron chi connectivity index (χ4n) is 16.2. The highest BCUT2D eigenvalue weighted by Gasteiger charge is 2.26. The highest BCUT2D eigenvalue weighted by Crippen LogP contribution is 2.51. The molecule has 0 atom stereocenters. The van der Waals surface area contributed by atoms with Gasteiger partial charge in [-0.15, -0.1) is 0 Å². The zero-order valence-electron chi connectivity index (χ0n) is 55.9. The van der Waals surface area contributed by atoms with Crippen LogP contribution in [0.3, 0.4) is 0 Å². The lowest BCUT2D eigenvalue weighted by Crippen LogP contribution is -1.94. The van der Waals surface area contributed by atoms with Crippen LogP contribution in [-0.2, 0) is 0 Å². The molecule has 2 aliphatic heterocycles. The minimum absolute atomic E-state index is 0.821. The molecule has 0 amide bonds. The van der Waals surface area contributed by atoms with E-state index < -0.39 is 0 Å². The lowest BCUT2D eigenvalue weighted by molar-refractivity contribution is 0.487. The van der Waals surface area contributed by atoms with Gasteiger partial charge in [0.25, 0.3) is 0 Å². The molecule has 3 aromatic heterocycles. The van der Waals surface area contributed by atoms with Crippen LogP contribution in [0.1, 0.15) is 18.1 Å². The van der Waals surface area contributed by atoms with Crippen LogP contribution < -0.4 is 9.47 Å². The van der Waals surface area contributed by atoms with E-state index in [1.165, 1.54) is 49.0 Å². The number of fused-ring (bicyclic) bond motifs is 19. The monoisotopic (exact) mass is 1300 g/mol. The number of ether oxygens (including phenoxy) is 2. The summed E-state index contributed by atoms with van der Waals surface area (Å²) < 4.78 is 20.9. The van der Waals surface area contributed by atoms with E-state index in [1.807, 2.05) is 0 Å².